The van der Waals surface area contributed by atoms with Gasteiger partial charge in [0.15, 0.2) is 0 Å². The second-order valence-electron chi connectivity index (χ2n) is 7.26. The van der Waals surface area contributed by atoms with Gasteiger partial charge in [-0.2, -0.15) is 0 Å². The summed E-state index contributed by atoms with van der Waals surface area (Å²) in [5, 5.41) is 4.33. The predicted molar refractivity (Wildman–Crippen MR) is 115 cm³/mol. The minimum absolute atomic E-state index is 0.186. The summed E-state index contributed by atoms with van der Waals surface area (Å²) in [6.45, 7) is 1.54. The molecular formula is C25H21FN2O. The predicted octanol–water partition coefficient (Wildman–Crippen LogP) is 5.37. The molecule has 1 aromatic heterocycles. The summed E-state index contributed by atoms with van der Waals surface area (Å²) in [4.78, 5) is 4.48. The summed E-state index contributed by atoms with van der Waals surface area (Å²) in [6.07, 6.45) is 2.98. The van der Waals surface area contributed by atoms with E-state index in [2.05, 4.69) is 34.6 Å². The highest BCUT2D eigenvalue weighted by atomic mass is 19.1. The number of aryl methyl sites for hydroxylation is 1. The molecule has 29 heavy (non-hydrogen) atoms. The van der Waals surface area contributed by atoms with E-state index >= 15 is 0 Å². The Kier molecular flexibility index (Phi) is 4.60. The molecule has 0 bridgehead atoms. The van der Waals surface area contributed by atoms with E-state index in [1.807, 2.05) is 30.3 Å². The van der Waals surface area contributed by atoms with Gasteiger partial charge >= 0.3 is 0 Å². The number of fused-ring (bicyclic) bond motifs is 1. The topological polar surface area (TPSA) is 37.5 Å². The molecule has 4 heteroatoms. The van der Waals surface area contributed by atoms with Crippen molar-refractivity contribution in [3.05, 3.63) is 95.5 Å². The van der Waals surface area contributed by atoms with Gasteiger partial charge in [0, 0.05) is 17.5 Å². The molecule has 144 valence electrons. The SMILES string of the molecule is Fc1cccc(C2=NCCN2)c1CCc1cc(-c2ccccc2)cc2ccoc12. The Hall–Kier alpha value is -3.40. The third-order valence-electron chi connectivity index (χ3n) is 5.43. The van der Waals surface area contributed by atoms with Crippen LogP contribution in [-0.4, -0.2) is 18.9 Å². The van der Waals surface area contributed by atoms with Crippen molar-refractivity contribution in [1.29, 1.82) is 0 Å². The lowest BCUT2D eigenvalue weighted by Gasteiger charge is -2.12. The molecule has 0 saturated carbocycles. The summed E-state index contributed by atoms with van der Waals surface area (Å²) < 4.78 is 20.5. The highest BCUT2D eigenvalue weighted by Crippen LogP contribution is 2.30. The quantitative estimate of drug-likeness (QED) is 0.502. The van der Waals surface area contributed by atoms with Crippen LogP contribution in [0.3, 0.4) is 0 Å². The third kappa shape index (κ3) is 3.42. The first kappa shape index (κ1) is 17.7. The average Bonchev–Trinajstić information content (AvgIpc) is 3.45. The van der Waals surface area contributed by atoms with Gasteiger partial charge in [0.05, 0.1) is 12.8 Å². The molecule has 0 atom stereocenters. The molecule has 2 heterocycles. The van der Waals surface area contributed by atoms with Crippen molar-refractivity contribution in [3.63, 3.8) is 0 Å². The van der Waals surface area contributed by atoms with E-state index in [0.717, 1.165) is 52.1 Å². The van der Waals surface area contributed by atoms with Gasteiger partial charge in [-0.3, -0.25) is 4.99 Å². The number of nitrogens with one attached hydrogen (secondary N) is 1. The summed E-state index contributed by atoms with van der Waals surface area (Å²) in [7, 11) is 0. The third-order valence-corrected chi connectivity index (χ3v) is 5.43. The monoisotopic (exact) mass is 384 g/mol. The Morgan fingerprint density at radius 1 is 0.931 bits per heavy atom. The Morgan fingerprint density at radius 2 is 1.83 bits per heavy atom. The Bertz CT molecular complexity index is 1190. The van der Waals surface area contributed by atoms with Crippen molar-refractivity contribution >= 4 is 16.8 Å². The smallest absolute Gasteiger partial charge is 0.137 e. The molecule has 0 fully saturated rings. The van der Waals surface area contributed by atoms with Crippen LogP contribution in [0, 0.1) is 5.82 Å². The van der Waals surface area contributed by atoms with Gasteiger partial charge < -0.3 is 9.73 Å². The minimum atomic E-state index is -0.186. The van der Waals surface area contributed by atoms with Gasteiger partial charge in [0.25, 0.3) is 0 Å². The Balaban J connectivity index is 1.51. The van der Waals surface area contributed by atoms with Gasteiger partial charge in [0.2, 0.25) is 0 Å². The second-order valence-corrected chi connectivity index (χ2v) is 7.26. The van der Waals surface area contributed by atoms with Gasteiger partial charge in [-0.05, 0) is 59.4 Å². The molecule has 4 aromatic rings. The van der Waals surface area contributed by atoms with E-state index in [-0.39, 0.29) is 5.82 Å². The molecule has 0 unspecified atom stereocenters. The highest BCUT2D eigenvalue weighted by molar-refractivity contribution is 6.01. The molecule has 0 amide bonds. The first-order chi connectivity index (χ1) is 14.3. The lowest BCUT2D eigenvalue weighted by Crippen LogP contribution is -2.21. The van der Waals surface area contributed by atoms with Gasteiger partial charge in [0.1, 0.15) is 17.2 Å². The molecule has 1 aliphatic rings. The van der Waals surface area contributed by atoms with Crippen LogP contribution >= 0.6 is 0 Å². The zero-order valence-electron chi connectivity index (χ0n) is 16.0. The summed E-state index contributed by atoms with van der Waals surface area (Å²) in [5.41, 5.74) is 5.82. The van der Waals surface area contributed by atoms with Crippen LogP contribution in [0.15, 0.2) is 82.4 Å². The Labute approximate surface area is 168 Å². The van der Waals surface area contributed by atoms with E-state index in [1.54, 1.807) is 12.3 Å². The van der Waals surface area contributed by atoms with Crippen LogP contribution in [-0.2, 0) is 12.8 Å². The number of furan rings is 1. The zero-order chi connectivity index (χ0) is 19.6. The van der Waals surface area contributed by atoms with Gasteiger partial charge in [-0.1, -0.05) is 42.5 Å². The molecule has 1 N–H and O–H groups in total. The molecule has 0 saturated heterocycles. The zero-order valence-corrected chi connectivity index (χ0v) is 16.0. The fraction of sp³-hybridized carbons (Fsp3) is 0.160. The minimum Gasteiger partial charge on any atom is -0.464 e. The maximum atomic E-state index is 14.7. The lowest BCUT2D eigenvalue weighted by atomic mass is 9.95. The van der Waals surface area contributed by atoms with Crippen LogP contribution in [0.1, 0.15) is 16.7 Å². The number of halogens is 1. The van der Waals surface area contributed by atoms with E-state index < -0.39 is 0 Å². The fourth-order valence-corrected chi connectivity index (χ4v) is 4.01. The number of aliphatic imine (C=N–C) groups is 1. The van der Waals surface area contributed by atoms with E-state index in [1.165, 1.54) is 6.07 Å². The van der Waals surface area contributed by atoms with E-state index in [9.17, 15) is 4.39 Å². The first-order valence-corrected chi connectivity index (χ1v) is 9.91. The number of amidine groups is 1. The Morgan fingerprint density at radius 3 is 2.66 bits per heavy atom. The fourth-order valence-electron chi connectivity index (χ4n) is 4.01. The van der Waals surface area contributed by atoms with Crippen molar-refractivity contribution in [2.75, 3.05) is 13.1 Å². The highest BCUT2D eigenvalue weighted by Gasteiger charge is 2.17. The number of nitrogens with zero attached hydrogens (tertiary/aromatic N) is 1. The van der Waals surface area contributed by atoms with Crippen molar-refractivity contribution < 1.29 is 8.81 Å². The summed E-state index contributed by atoms with van der Waals surface area (Å²) in [6, 6.07) is 21.8. The van der Waals surface area contributed by atoms with E-state index in [0.29, 0.717) is 18.4 Å². The van der Waals surface area contributed by atoms with Crippen LogP contribution in [0.25, 0.3) is 22.1 Å². The van der Waals surface area contributed by atoms with Crippen LogP contribution in [0.4, 0.5) is 4.39 Å². The standard InChI is InChI=1S/C25H21FN2O/c26-23-8-4-7-22(25-27-12-13-28-25)21(23)10-9-18-15-20(17-5-2-1-3-6-17)16-19-11-14-29-24(18)19/h1-8,11,14-16H,9-10,12-13H2,(H,27,28). The molecule has 1 aliphatic heterocycles. The van der Waals surface area contributed by atoms with Gasteiger partial charge in [-0.25, -0.2) is 4.39 Å². The summed E-state index contributed by atoms with van der Waals surface area (Å²) in [5.74, 6) is 0.606. The molecule has 0 aliphatic carbocycles. The van der Waals surface area contributed by atoms with Gasteiger partial charge in [-0.15, -0.1) is 0 Å². The lowest BCUT2D eigenvalue weighted by molar-refractivity contribution is 0.601. The van der Waals surface area contributed by atoms with E-state index in [4.69, 9.17) is 4.42 Å². The molecule has 3 aromatic carbocycles. The van der Waals surface area contributed by atoms with Crippen LogP contribution in [0.5, 0.6) is 0 Å². The molecule has 3 nitrogen and oxygen atoms in total. The maximum Gasteiger partial charge on any atom is 0.137 e. The van der Waals surface area contributed by atoms with Crippen molar-refractivity contribution in [3.8, 4) is 11.1 Å². The second kappa shape index (κ2) is 7.55. The first-order valence-electron chi connectivity index (χ1n) is 9.91. The van der Waals surface area contributed by atoms with Crippen molar-refractivity contribution in [2.45, 2.75) is 12.8 Å². The summed E-state index contributed by atoms with van der Waals surface area (Å²) >= 11 is 0. The number of hydrogen-bond acceptors (Lipinski definition) is 3. The number of benzene rings is 3. The van der Waals surface area contributed by atoms with Crippen molar-refractivity contribution in [2.24, 2.45) is 4.99 Å². The normalized spacial score (nSPS) is 13.5. The molecule has 0 spiro atoms. The molecule has 5 rings (SSSR count). The maximum absolute atomic E-state index is 14.7. The molecular weight excluding hydrogens is 363 g/mol. The number of rotatable bonds is 5. The molecule has 0 radical (unpaired) electrons. The number of hydrogen-bond donors (Lipinski definition) is 1. The van der Waals surface area contributed by atoms with Crippen LogP contribution < -0.4 is 5.32 Å². The van der Waals surface area contributed by atoms with Crippen LogP contribution in [0.2, 0.25) is 0 Å². The van der Waals surface area contributed by atoms with Crippen molar-refractivity contribution in [1.82, 2.24) is 5.32 Å². The largest absolute Gasteiger partial charge is 0.464 e. The average molecular weight is 384 g/mol.